The van der Waals surface area contributed by atoms with E-state index >= 15 is 0 Å². The lowest BCUT2D eigenvalue weighted by Crippen LogP contribution is -2.33. The van der Waals surface area contributed by atoms with Gasteiger partial charge in [-0.1, -0.05) is 29.8 Å². The Morgan fingerprint density at radius 2 is 2.05 bits per heavy atom. The maximum absolute atomic E-state index is 11.8. The second-order valence-electron chi connectivity index (χ2n) is 5.67. The third-order valence-corrected chi connectivity index (χ3v) is 4.71. The summed E-state index contributed by atoms with van der Waals surface area (Å²) in [5.41, 5.74) is 2.48. The van der Waals surface area contributed by atoms with Gasteiger partial charge in [-0.3, -0.25) is 9.59 Å². The van der Waals surface area contributed by atoms with Crippen molar-refractivity contribution in [3.8, 4) is 0 Å². The fourth-order valence-electron chi connectivity index (χ4n) is 2.55. The van der Waals surface area contributed by atoms with E-state index < -0.39 is 0 Å². The molecule has 0 unspecified atom stereocenters. The first-order chi connectivity index (χ1) is 10.6. The molecule has 1 aliphatic heterocycles. The zero-order valence-corrected chi connectivity index (χ0v) is 14.0. The predicted octanol–water partition coefficient (Wildman–Crippen LogP) is 2.36. The fraction of sp³-hybridized carbons (Fsp3) is 0.529. The lowest BCUT2D eigenvalue weighted by atomic mass is 10.2. The Balaban J connectivity index is 1.57. The van der Waals surface area contributed by atoms with E-state index in [0.29, 0.717) is 18.7 Å². The van der Waals surface area contributed by atoms with Crippen molar-refractivity contribution in [1.29, 1.82) is 0 Å². The number of rotatable bonds is 7. The number of benzene rings is 1. The highest BCUT2D eigenvalue weighted by atomic mass is 32.2. The zero-order chi connectivity index (χ0) is 15.8. The van der Waals surface area contributed by atoms with Gasteiger partial charge in [-0.15, -0.1) is 11.8 Å². The molecule has 0 spiro atoms. The highest BCUT2D eigenvalue weighted by Crippen LogP contribution is 2.13. The molecule has 1 saturated heterocycles. The van der Waals surface area contributed by atoms with Crippen LogP contribution in [-0.4, -0.2) is 42.1 Å². The van der Waals surface area contributed by atoms with Crippen LogP contribution >= 0.6 is 11.8 Å². The van der Waals surface area contributed by atoms with E-state index in [1.807, 2.05) is 11.0 Å². The Bertz CT molecular complexity index is 513. The van der Waals surface area contributed by atoms with Crippen LogP contribution in [0.5, 0.6) is 0 Å². The minimum Gasteiger partial charge on any atom is -0.355 e. The van der Waals surface area contributed by atoms with Crippen LogP contribution in [0.15, 0.2) is 24.3 Å². The SMILES string of the molecule is Cc1cccc(CSCC(=O)NCCC(=O)N2CCCC2)c1. The third-order valence-electron chi connectivity index (χ3n) is 3.70. The van der Waals surface area contributed by atoms with Crippen molar-refractivity contribution >= 4 is 23.6 Å². The molecule has 1 aromatic carbocycles. The Morgan fingerprint density at radius 1 is 1.27 bits per heavy atom. The van der Waals surface area contributed by atoms with Crippen molar-refractivity contribution in [3.63, 3.8) is 0 Å². The molecular weight excluding hydrogens is 296 g/mol. The molecule has 1 fully saturated rings. The van der Waals surface area contributed by atoms with Crippen LogP contribution in [0.4, 0.5) is 0 Å². The lowest BCUT2D eigenvalue weighted by molar-refractivity contribution is -0.130. The number of nitrogens with zero attached hydrogens (tertiary/aromatic N) is 1. The summed E-state index contributed by atoms with van der Waals surface area (Å²) in [5, 5.41) is 2.83. The van der Waals surface area contributed by atoms with E-state index in [4.69, 9.17) is 0 Å². The molecule has 1 aliphatic rings. The number of aryl methyl sites for hydroxylation is 1. The van der Waals surface area contributed by atoms with Gasteiger partial charge < -0.3 is 10.2 Å². The molecule has 0 aromatic heterocycles. The summed E-state index contributed by atoms with van der Waals surface area (Å²) in [5.74, 6) is 1.44. The highest BCUT2D eigenvalue weighted by molar-refractivity contribution is 7.99. The van der Waals surface area contributed by atoms with Crippen LogP contribution in [0.1, 0.15) is 30.4 Å². The van der Waals surface area contributed by atoms with Crippen LogP contribution in [0.25, 0.3) is 0 Å². The van der Waals surface area contributed by atoms with Gasteiger partial charge in [0.1, 0.15) is 0 Å². The van der Waals surface area contributed by atoms with Crippen LogP contribution in [0.3, 0.4) is 0 Å². The van der Waals surface area contributed by atoms with E-state index in [-0.39, 0.29) is 11.8 Å². The van der Waals surface area contributed by atoms with Crippen LogP contribution in [0.2, 0.25) is 0 Å². The van der Waals surface area contributed by atoms with Crippen molar-refractivity contribution < 1.29 is 9.59 Å². The summed E-state index contributed by atoms with van der Waals surface area (Å²) in [4.78, 5) is 25.5. The Kier molecular flexibility index (Phi) is 6.77. The Hall–Kier alpha value is -1.49. The topological polar surface area (TPSA) is 49.4 Å². The standard InChI is InChI=1S/C17H24N2O2S/c1-14-5-4-6-15(11-14)12-22-13-16(20)18-8-7-17(21)19-9-2-3-10-19/h4-6,11H,2-3,7-10,12-13H2,1H3,(H,18,20). The third kappa shape index (κ3) is 5.72. The van der Waals surface area contributed by atoms with Crippen molar-refractivity contribution in [1.82, 2.24) is 10.2 Å². The van der Waals surface area contributed by atoms with Gasteiger partial charge in [0, 0.05) is 31.8 Å². The number of carbonyl (C=O) groups excluding carboxylic acids is 2. The van der Waals surface area contributed by atoms with E-state index in [1.165, 1.54) is 11.1 Å². The van der Waals surface area contributed by atoms with Crippen molar-refractivity contribution in [2.24, 2.45) is 0 Å². The molecule has 22 heavy (non-hydrogen) atoms. The van der Waals surface area contributed by atoms with E-state index in [0.717, 1.165) is 31.7 Å². The maximum Gasteiger partial charge on any atom is 0.230 e. The van der Waals surface area contributed by atoms with Crippen LogP contribution < -0.4 is 5.32 Å². The molecule has 2 amide bonds. The minimum absolute atomic E-state index is 0.00637. The molecule has 0 aliphatic carbocycles. The van der Waals surface area contributed by atoms with Gasteiger partial charge in [-0.2, -0.15) is 0 Å². The number of amides is 2. The monoisotopic (exact) mass is 320 g/mol. The van der Waals surface area contributed by atoms with E-state index in [9.17, 15) is 9.59 Å². The molecule has 1 aromatic rings. The normalized spacial score (nSPS) is 14.1. The molecule has 1 heterocycles. The van der Waals surface area contributed by atoms with Gasteiger partial charge in [-0.05, 0) is 25.3 Å². The quantitative estimate of drug-likeness (QED) is 0.839. The molecule has 0 atom stereocenters. The second-order valence-corrected chi connectivity index (χ2v) is 6.66. The number of hydrogen-bond donors (Lipinski definition) is 1. The summed E-state index contributed by atoms with van der Waals surface area (Å²) >= 11 is 1.60. The molecular formula is C17H24N2O2S. The maximum atomic E-state index is 11.8. The minimum atomic E-state index is 0.00637. The van der Waals surface area contributed by atoms with Gasteiger partial charge in [0.05, 0.1) is 5.75 Å². The van der Waals surface area contributed by atoms with Gasteiger partial charge in [0.2, 0.25) is 11.8 Å². The number of carbonyl (C=O) groups is 2. The largest absolute Gasteiger partial charge is 0.355 e. The molecule has 4 nitrogen and oxygen atoms in total. The lowest BCUT2D eigenvalue weighted by Gasteiger charge is -2.15. The summed E-state index contributed by atoms with van der Waals surface area (Å²) in [6.45, 7) is 4.26. The summed E-state index contributed by atoms with van der Waals surface area (Å²) in [6.07, 6.45) is 2.62. The van der Waals surface area contributed by atoms with Crippen molar-refractivity contribution in [2.45, 2.75) is 31.9 Å². The zero-order valence-electron chi connectivity index (χ0n) is 13.1. The first-order valence-corrected chi connectivity index (χ1v) is 8.98. The number of thioether (sulfide) groups is 1. The summed E-state index contributed by atoms with van der Waals surface area (Å²) in [6, 6.07) is 8.32. The fourth-order valence-corrected chi connectivity index (χ4v) is 3.35. The van der Waals surface area contributed by atoms with Gasteiger partial charge in [0.25, 0.3) is 0 Å². The first kappa shape index (κ1) is 16.9. The molecule has 0 saturated carbocycles. The first-order valence-electron chi connectivity index (χ1n) is 7.83. The number of hydrogen-bond acceptors (Lipinski definition) is 3. The number of nitrogens with one attached hydrogen (secondary N) is 1. The molecule has 2 rings (SSSR count). The summed E-state index contributed by atoms with van der Waals surface area (Å²) in [7, 11) is 0. The smallest absolute Gasteiger partial charge is 0.230 e. The Labute approximate surface area is 136 Å². The molecule has 5 heteroatoms. The second kappa shape index (κ2) is 8.83. The molecule has 0 bridgehead atoms. The molecule has 120 valence electrons. The van der Waals surface area contributed by atoms with Gasteiger partial charge >= 0.3 is 0 Å². The number of likely N-dealkylation sites (tertiary alicyclic amines) is 1. The van der Waals surface area contributed by atoms with Crippen LogP contribution in [0, 0.1) is 6.92 Å². The molecule has 1 N–H and O–H groups in total. The van der Waals surface area contributed by atoms with Gasteiger partial charge in [-0.25, -0.2) is 0 Å². The molecule has 0 radical (unpaired) electrons. The highest BCUT2D eigenvalue weighted by Gasteiger charge is 2.17. The average molecular weight is 320 g/mol. The Morgan fingerprint density at radius 3 is 2.77 bits per heavy atom. The summed E-state index contributed by atoms with van der Waals surface area (Å²) < 4.78 is 0. The van der Waals surface area contributed by atoms with Crippen molar-refractivity contribution in [3.05, 3.63) is 35.4 Å². The van der Waals surface area contributed by atoms with E-state index in [1.54, 1.807) is 11.8 Å². The average Bonchev–Trinajstić information content (AvgIpc) is 3.01. The van der Waals surface area contributed by atoms with Gasteiger partial charge in [0.15, 0.2) is 0 Å². The predicted molar refractivity (Wildman–Crippen MR) is 90.8 cm³/mol. The van der Waals surface area contributed by atoms with E-state index in [2.05, 4.69) is 30.4 Å². The van der Waals surface area contributed by atoms with Crippen LogP contribution in [-0.2, 0) is 15.3 Å². The van der Waals surface area contributed by atoms with Crippen molar-refractivity contribution in [2.75, 3.05) is 25.4 Å².